The van der Waals surface area contributed by atoms with Gasteiger partial charge in [-0.05, 0) is 67.6 Å². The molecule has 0 spiro atoms. The fraction of sp³-hybridized carbons (Fsp3) is 0.294. The van der Waals surface area contributed by atoms with Gasteiger partial charge in [0.15, 0.2) is 0 Å². The van der Waals surface area contributed by atoms with Crippen LogP contribution in [0.2, 0.25) is 0 Å². The molecule has 20 heavy (non-hydrogen) atoms. The third-order valence-corrected chi connectivity index (χ3v) is 3.43. The molecular weight excluding hydrogens is 256 g/mol. The number of halogens is 2. The molecule has 0 aliphatic carbocycles. The van der Waals surface area contributed by atoms with Crippen molar-refractivity contribution in [2.24, 2.45) is 5.73 Å². The van der Waals surface area contributed by atoms with Gasteiger partial charge < -0.3 is 5.73 Å². The Morgan fingerprint density at radius 1 is 0.950 bits per heavy atom. The van der Waals surface area contributed by atoms with Gasteiger partial charge in [-0.1, -0.05) is 18.2 Å². The van der Waals surface area contributed by atoms with Gasteiger partial charge in [0.1, 0.15) is 11.6 Å². The van der Waals surface area contributed by atoms with Gasteiger partial charge >= 0.3 is 0 Å². The zero-order valence-corrected chi connectivity index (χ0v) is 11.8. The second kappa shape index (κ2) is 5.71. The van der Waals surface area contributed by atoms with Crippen LogP contribution < -0.4 is 5.73 Å². The third kappa shape index (κ3) is 3.87. The minimum Gasteiger partial charge on any atom is -0.325 e. The van der Waals surface area contributed by atoms with Crippen molar-refractivity contribution >= 4 is 0 Å². The molecule has 0 aliphatic rings. The normalized spacial score (nSPS) is 14.1. The Morgan fingerprint density at radius 3 is 2.20 bits per heavy atom. The van der Waals surface area contributed by atoms with Crippen LogP contribution in [0, 0.1) is 18.6 Å². The highest BCUT2D eigenvalue weighted by Crippen LogP contribution is 2.20. The van der Waals surface area contributed by atoms with Crippen LogP contribution in [-0.2, 0) is 12.8 Å². The van der Waals surface area contributed by atoms with E-state index in [4.69, 9.17) is 5.73 Å². The van der Waals surface area contributed by atoms with Crippen LogP contribution in [0.1, 0.15) is 23.6 Å². The molecule has 2 N–H and O–H groups in total. The van der Waals surface area contributed by atoms with E-state index in [9.17, 15) is 8.78 Å². The van der Waals surface area contributed by atoms with Crippen LogP contribution >= 0.6 is 0 Å². The van der Waals surface area contributed by atoms with Gasteiger partial charge in [-0.15, -0.1) is 0 Å². The van der Waals surface area contributed by atoms with E-state index in [0.717, 1.165) is 16.7 Å². The van der Waals surface area contributed by atoms with Crippen LogP contribution in [0.5, 0.6) is 0 Å². The summed E-state index contributed by atoms with van der Waals surface area (Å²) in [7, 11) is 0. The zero-order chi connectivity index (χ0) is 14.8. The van der Waals surface area contributed by atoms with Crippen LogP contribution in [0.3, 0.4) is 0 Å². The molecule has 0 heterocycles. The summed E-state index contributed by atoms with van der Waals surface area (Å²) in [5.41, 5.74) is 8.74. The average Bonchev–Trinajstić information content (AvgIpc) is 2.36. The molecule has 0 saturated carbocycles. The summed E-state index contributed by atoms with van der Waals surface area (Å²) in [4.78, 5) is 0. The van der Waals surface area contributed by atoms with Crippen molar-refractivity contribution in [1.29, 1.82) is 0 Å². The van der Waals surface area contributed by atoms with Crippen molar-refractivity contribution in [2.45, 2.75) is 32.2 Å². The lowest BCUT2D eigenvalue weighted by atomic mass is 9.86. The lowest BCUT2D eigenvalue weighted by Gasteiger charge is -2.26. The van der Waals surface area contributed by atoms with Crippen molar-refractivity contribution in [2.75, 3.05) is 0 Å². The van der Waals surface area contributed by atoms with Crippen LogP contribution in [-0.4, -0.2) is 5.54 Å². The van der Waals surface area contributed by atoms with E-state index in [1.165, 1.54) is 24.3 Å². The Kier molecular flexibility index (Phi) is 4.19. The Morgan fingerprint density at radius 2 is 1.55 bits per heavy atom. The summed E-state index contributed by atoms with van der Waals surface area (Å²) in [6.45, 7) is 3.88. The van der Waals surface area contributed by atoms with Crippen LogP contribution in [0.4, 0.5) is 8.78 Å². The zero-order valence-electron chi connectivity index (χ0n) is 11.8. The third-order valence-electron chi connectivity index (χ3n) is 3.43. The molecule has 2 aromatic rings. The minimum atomic E-state index is -0.504. The van der Waals surface area contributed by atoms with Crippen molar-refractivity contribution in [3.05, 3.63) is 70.8 Å². The van der Waals surface area contributed by atoms with Gasteiger partial charge in [-0.25, -0.2) is 8.78 Å². The topological polar surface area (TPSA) is 26.0 Å². The fourth-order valence-corrected chi connectivity index (χ4v) is 2.40. The molecule has 0 saturated heterocycles. The molecule has 2 rings (SSSR count). The first-order chi connectivity index (χ1) is 9.35. The highest BCUT2D eigenvalue weighted by Gasteiger charge is 2.21. The van der Waals surface area contributed by atoms with E-state index in [1.807, 2.05) is 13.8 Å². The average molecular weight is 275 g/mol. The SMILES string of the molecule is Cc1ccc(F)cc1CC(C)(N)Cc1ccc(F)cc1. The number of aryl methyl sites for hydroxylation is 1. The predicted octanol–water partition coefficient (Wildman–Crippen LogP) is 3.78. The second-order valence-electron chi connectivity index (χ2n) is 5.70. The maximum atomic E-state index is 13.3. The van der Waals surface area contributed by atoms with Gasteiger partial charge in [0.2, 0.25) is 0 Å². The number of rotatable bonds is 4. The fourth-order valence-electron chi connectivity index (χ4n) is 2.40. The number of nitrogens with two attached hydrogens (primary N) is 1. The van der Waals surface area contributed by atoms with Crippen LogP contribution in [0.15, 0.2) is 42.5 Å². The van der Waals surface area contributed by atoms with Crippen molar-refractivity contribution < 1.29 is 8.78 Å². The predicted molar refractivity (Wildman–Crippen MR) is 77.5 cm³/mol. The van der Waals surface area contributed by atoms with Crippen molar-refractivity contribution in [1.82, 2.24) is 0 Å². The first kappa shape index (κ1) is 14.7. The molecule has 2 aromatic carbocycles. The molecular formula is C17H19F2N. The Hall–Kier alpha value is -1.74. The molecule has 0 amide bonds. The lowest BCUT2D eigenvalue weighted by molar-refractivity contribution is 0.460. The molecule has 0 aliphatic heterocycles. The first-order valence-electron chi connectivity index (χ1n) is 6.64. The van der Waals surface area contributed by atoms with E-state index in [0.29, 0.717) is 12.8 Å². The highest BCUT2D eigenvalue weighted by molar-refractivity contribution is 5.29. The van der Waals surface area contributed by atoms with E-state index in [-0.39, 0.29) is 11.6 Å². The summed E-state index contributed by atoms with van der Waals surface area (Å²) in [6.07, 6.45) is 1.19. The summed E-state index contributed by atoms with van der Waals surface area (Å²) < 4.78 is 26.2. The standard InChI is InChI=1S/C17H19F2N/c1-12-3-6-16(19)9-14(12)11-17(2,20)10-13-4-7-15(18)8-5-13/h3-9H,10-11,20H2,1-2H3. The molecule has 1 nitrogen and oxygen atoms in total. The Balaban J connectivity index is 2.14. The largest absolute Gasteiger partial charge is 0.325 e. The quantitative estimate of drug-likeness (QED) is 0.903. The summed E-state index contributed by atoms with van der Waals surface area (Å²) in [5, 5.41) is 0. The first-order valence-corrected chi connectivity index (χ1v) is 6.64. The van der Waals surface area contributed by atoms with Gasteiger partial charge in [-0.3, -0.25) is 0 Å². The number of hydrogen-bond donors (Lipinski definition) is 1. The van der Waals surface area contributed by atoms with E-state index in [2.05, 4.69) is 0 Å². The molecule has 1 unspecified atom stereocenters. The van der Waals surface area contributed by atoms with E-state index < -0.39 is 5.54 Å². The summed E-state index contributed by atoms with van der Waals surface area (Å²) in [6, 6.07) is 11.1. The molecule has 0 aromatic heterocycles. The molecule has 1 atom stereocenters. The molecule has 0 bridgehead atoms. The maximum Gasteiger partial charge on any atom is 0.123 e. The summed E-state index contributed by atoms with van der Waals surface area (Å²) in [5.74, 6) is -0.503. The number of benzene rings is 2. The molecule has 0 fully saturated rings. The molecule has 106 valence electrons. The second-order valence-corrected chi connectivity index (χ2v) is 5.70. The maximum absolute atomic E-state index is 13.3. The highest BCUT2D eigenvalue weighted by atomic mass is 19.1. The Bertz CT molecular complexity index is 588. The minimum absolute atomic E-state index is 0.247. The van der Waals surface area contributed by atoms with E-state index in [1.54, 1.807) is 18.2 Å². The van der Waals surface area contributed by atoms with Gasteiger partial charge in [0.25, 0.3) is 0 Å². The van der Waals surface area contributed by atoms with Crippen LogP contribution in [0.25, 0.3) is 0 Å². The smallest absolute Gasteiger partial charge is 0.123 e. The Labute approximate surface area is 118 Å². The lowest BCUT2D eigenvalue weighted by Crippen LogP contribution is -2.41. The van der Waals surface area contributed by atoms with Crippen molar-refractivity contribution in [3.8, 4) is 0 Å². The van der Waals surface area contributed by atoms with Gasteiger partial charge in [0, 0.05) is 5.54 Å². The van der Waals surface area contributed by atoms with E-state index >= 15 is 0 Å². The number of hydrogen-bond acceptors (Lipinski definition) is 1. The molecule has 3 heteroatoms. The molecule has 0 radical (unpaired) electrons. The van der Waals surface area contributed by atoms with Gasteiger partial charge in [-0.2, -0.15) is 0 Å². The monoisotopic (exact) mass is 275 g/mol. The van der Waals surface area contributed by atoms with Gasteiger partial charge in [0.05, 0.1) is 0 Å². The summed E-state index contributed by atoms with van der Waals surface area (Å²) >= 11 is 0. The van der Waals surface area contributed by atoms with Crippen molar-refractivity contribution in [3.63, 3.8) is 0 Å².